The molecule has 4 heteroatoms. The topological polar surface area (TPSA) is 49.6 Å². The molecule has 2 atom stereocenters. The maximum absolute atomic E-state index is 6.31. The van der Waals surface area contributed by atoms with Crippen LogP contribution >= 0.6 is 0 Å². The Bertz CT molecular complexity index is 2760. The van der Waals surface area contributed by atoms with Gasteiger partial charge in [0.15, 0.2) is 0 Å². The van der Waals surface area contributed by atoms with Crippen LogP contribution in [0.15, 0.2) is 185 Å². The zero-order valence-electron chi connectivity index (χ0n) is 27.8. The summed E-state index contributed by atoms with van der Waals surface area (Å²) < 4.78 is 6.31. The molecule has 8 aromatic carbocycles. The van der Waals surface area contributed by atoms with Gasteiger partial charge in [-0.1, -0.05) is 152 Å². The largest absolute Gasteiger partial charge is 0.456 e. The minimum Gasteiger partial charge on any atom is -0.456 e. The molecule has 242 valence electrons. The molecule has 1 aliphatic heterocycles. The van der Waals surface area contributed by atoms with E-state index in [4.69, 9.17) is 9.41 Å². The van der Waals surface area contributed by atoms with E-state index in [-0.39, 0.29) is 12.3 Å². The summed E-state index contributed by atoms with van der Waals surface area (Å²) in [5.74, 6) is 0.849. The van der Waals surface area contributed by atoms with Crippen molar-refractivity contribution in [2.45, 2.75) is 12.3 Å². The second-order valence-corrected chi connectivity index (χ2v) is 13.2. The van der Waals surface area contributed by atoms with Crippen LogP contribution < -0.4 is 10.6 Å². The van der Waals surface area contributed by atoms with Gasteiger partial charge in [0.25, 0.3) is 0 Å². The van der Waals surface area contributed by atoms with Crippen LogP contribution in [0.25, 0.3) is 65.7 Å². The van der Waals surface area contributed by atoms with Crippen molar-refractivity contribution in [2.24, 2.45) is 4.99 Å². The number of aliphatic imine (C=N–C) groups is 1. The average Bonchev–Trinajstić information content (AvgIpc) is 3.60. The van der Waals surface area contributed by atoms with E-state index < -0.39 is 0 Å². The first-order valence-corrected chi connectivity index (χ1v) is 17.4. The Morgan fingerprint density at radius 1 is 0.451 bits per heavy atom. The van der Waals surface area contributed by atoms with Gasteiger partial charge in [-0.3, -0.25) is 5.32 Å². The van der Waals surface area contributed by atoms with E-state index in [1.807, 2.05) is 12.1 Å². The van der Waals surface area contributed by atoms with Crippen LogP contribution in [0.4, 0.5) is 0 Å². The number of nitrogens with zero attached hydrogens (tertiary/aromatic N) is 1. The molecular formula is C47H33N3O. The van der Waals surface area contributed by atoms with Gasteiger partial charge in [-0.15, -0.1) is 0 Å². The maximum Gasteiger partial charge on any atom is 0.136 e. The van der Waals surface area contributed by atoms with E-state index >= 15 is 0 Å². The third-order valence-corrected chi connectivity index (χ3v) is 10.2. The molecule has 0 saturated heterocycles. The third-order valence-electron chi connectivity index (χ3n) is 10.2. The summed E-state index contributed by atoms with van der Waals surface area (Å²) >= 11 is 0. The lowest BCUT2D eigenvalue weighted by Gasteiger charge is -2.32. The van der Waals surface area contributed by atoms with Crippen molar-refractivity contribution in [1.82, 2.24) is 10.6 Å². The van der Waals surface area contributed by atoms with Crippen molar-refractivity contribution >= 4 is 49.3 Å². The van der Waals surface area contributed by atoms with Gasteiger partial charge < -0.3 is 9.73 Å². The minimum atomic E-state index is -0.235. The second-order valence-electron chi connectivity index (χ2n) is 13.2. The highest BCUT2D eigenvalue weighted by Crippen LogP contribution is 2.40. The van der Waals surface area contributed by atoms with E-state index in [1.165, 1.54) is 27.3 Å². The molecule has 4 nitrogen and oxygen atoms in total. The first-order chi connectivity index (χ1) is 25.3. The Hall–Kier alpha value is -6.49. The van der Waals surface area contributed by atoms with Gasteiger partial charge in [0, 0.05) is 16.3 Å². The SMILES string of the molecule is c1ccc(C2N=C(c3cc(-c4cccc5oc6ccccc6c45)c4ccccc4c3)NC(c3ccc(-c4cccc5ccccc45)cc3)N2)cc1. The number of hydrogen-bond acceptors (Lipinski definition) is 4. The van der Waals surface area contributed by atoms with Crippen molar-refractivity contribution < 1.29 is 4.42 Å². The quantitative estimate of drug-likeness (QED) is 0.194. The zero-order valence-corrected chi connectivity index (χ0v) is 27.8. The number of nitrogens with one attached hydrogen (secondary N) is 2. The maximum atomic E-state index is 6.31. The predicted molar refractivity (Wildman–Crippen MR) is 211 cm³/mol. The molecule has 0 bridgehead atoms. The van der Waals surface area contributed by atoms with E-state index in [0.29, 0.717) is 0 Å². The first kappa shape index (κ1) is 29.4. The normalized spacial score (nSPS) is 16.0. The summed E-state index contributed by atoms with van der Waals surface area (Å²) in [6.07, 6.45) is -0.401. The van der Waals surface area contributed by atoms with Crippen molar-refractivity contribution in [3.63, 3.8) is 0 Å². The second kappa shape index (κ2) is 12.1. The first-order valence-electron chi connectivity index (χ1n) is 17.4. The number of para-hydroxylation sites is 1. The summed E-state index contributed by atoms with van der Waals surface area (Å²) in [5.41, 5.74) is 9.79. The molecule has 0 radical (unpaired) electrons. The fourth-order valence-corrected chi connectivity index (χ4v) is 7.68. The highest BCUT2D eigenvalue weighted by atomic mass is 16.3. The highest BCUT2D eigenvalue weighted by molar-refractivity contribution is 6.16. The van der Waals surface area contributed by atoms with Crippen LogP contribution in [-0.2, 0) is 0 Å². The molecule has 0 amide bonds. The Morgan fingerprint density at radius 3 is 1.94 bits per heavy atom. The van der Waals surface area contributed by atoms with Crippen molar-refractivity contribution in [3.05, 3.63) is 193 Å². The van der Waals surface area contributed by atoms with Gasteiger partial charge in [-0.25, -0.2) is 4.99 Å². The van der Waals surface area contributed by atoms with Crippen molar-refractivity contribution in [3.8, 4) is 22.3 Å². The van der Waals surface area contributed by atoms with Crippen LogP contribution in [0.3, 0.4) is 0 Å². The lowest BCUT2D eigenvalue weighted by molar-refractivity contribution is 0.409. The summed E-state index contributed by atoms with van der Waals surface area (Å²) in [4.78, 5) is 5.32. The molecule has 0 aliphatic carbocycles. The molecule has 9 aromatic rings. The van der Waals surface area contributed by atoms with Gasteiger partial charge in [-0.05, 0) is 79.2 Å². The van der Waals surface area contributed by atoms with Crippen LogP contribution in [0.1, 0.15) is 29.0 Å². The summed E-state index contributed by atoms with van der Waals surface area (Å²) in [6.45, 7) is 0. The van der Waals surface area contributed by atoms with Crippen LogP contribution in [-0.4, -0.2) is 5.84 Å². The number of benzene rings is 8. The van der Waals surface area contributed by atoms with Gasteiger partial charge in [-0.2, -0.15) is 0 Å². The molecule has 51 heavy (non-hydrogen) atoms. The van der Waals surface area contributed by atoms with Crippen LogP contribution in [0, 0.1) is 0 Å². The van der Waals surface area contributed by atoms with Crippen molar-refractivity contribution in [2.75, 3.05) is 0 Å². The van der Waals surface area contributed by atoms with E-state index in [2.05, 4.69) is 174 Å². The molecule has 2 unspecified atom stereocenters. The minimum absolute atomic E-state index is 0.166. The van der Waals surface area contributed by atoms with Gasteiger partial charge in [0.2, 0.25) is 0 Å². The summed E-state index contributed by atoms with van der Waals surface area (Å²) in [5, 5.41) is 14.7. The van der Waals surface area contributed by atoms with Crippen molar-refractivity contribution in [1.29, 1.82) is 0 Å². The third kappa shape index (κ3) is 5.16. The molecule has 2 heterocycles. The molecule has 0 spiro atoms. The Morgan fingerprint density at radius 2 is 1.10 bits per heavy atom. The van der Waals surface area contributed by atoms with E-state index in [9.17, 15) is 0 Å². The number of furan rings is 1. The summed E-state index contributed by atoms with van der Waals surface area (Å²) in [6, 6.07) is 62.3. The fourth-order valence-electron chi connectivity index (χ4n) is 7.68. The monoisotopic (exact) mass is 655 g/mol. The lowest BCUT2D eigenvalue weighted by Crippen LogP contribution is -2.45. The number of fused-ring (bicyclic) bond motifs is 5. The van der Waals surface area contributed by atoms with Gasteiger partial charge in [0.1, 0.15) is 29.3 Å². The molecular weight excluding hydrogens is 623 g/mol. The predicted octanol–water partition coefficient (Wildman–Crippen LogP) is 11.6. The molecule has 10 rings (SSSR count). The number of rotatable bonds is 5. The molecule has 0 fully saturated rings. The lowest BCUT2D eigenvalue weighted by atomic mass is 9.92. The Labute approximate surface area is 295 Å². The standard InChI is InChI=1S/C47H33N3O/c1-2-13-32(14-3-1)45-48-46(33-26-24-31(25-27-33)37-20-10-16-30-12-4-6-17-36(30)37)50-47(49-45)35-28-34-15-5-7-18-38(34)41(29-35)39-21-11-23-43-44(39)40-19-8-9-22-42(40)51-43/h1-29,45-46,48H,(H,49,50). The van der Waals surface area contributed by atoms with Gasteiger partial charge in [0.05, 0.1) is 0 Å². The molecule has 0 saturated carbocycles. The molecule has 2 N–H and O–H groups in total. The molecule has 1 aromatic heterocycles. The van der Waals surface area contributed by atoms with E-state index in [0.717, 1.165) is 61.0 Å². The summed E-state index contributed by atoms with van der Waals surface area (Å²) in [7, 11) is 0. The van der Waals surface area contributed by atoms with E-state index in [1.54, 1.807) is 0 Å². The zero-order chi connectivity index (χ0) is 33.7. The van der Waals surface area contributed by atoms with Crippen LogP contribution in [0.5, 0.6) is 0 Å². The Balaban J connectivity index is 1.09. The Kier molecular flexibility index (Phi) is 7.00. The number of hydrogen-bond donors (Lipinski definition) is 2. The smallest absolute Gasteiger partial charge is 0.136 e. The molecule has 1 aliphatic rings. The highest BCUT2D eigenvalue weighted by Gasteiger charge is 2.26. The average molecular weight is 656 g/mol. The number of amidine groups is 1. The van der Waals surface area contributed by atoms with Gasteiger partial charge >= 0.3 is 0 Å². The fraction of sp³-hybridized carbons (Fsp3) is 0.0426. The van der Waals surface area contributed by atoms with Crippen LogP contribution in [0.2, 0.25) is 0 Å².